The number of nitrogens with zero attached hydrogens (tertiary/aromatic N) is 3. The normalized spacial score (nSPS) is 10.7. The molecule has 2 heterocycles. The number of pyridine rings is 2. The third-order valence-electron chi connectivity index (χ3n) is 5.44. The van der Waals surface area contributed by atoms with Gasteiger partial charge in [0.1, 0.15) is 0 Å². The first kappa shape index (κ1) is 22.3. The molecule has 0 fully saturated rings. The van der Waals surface area contributed by atoms with Crippen molar-refractivity contribution in [2.45, 2.75) is 46.6 Å². The number of hydrogen-bond acceptors (Lipinski definition) is 4. The SMILES string of the molecule is CCC(=O)N(C)Cc1ccc(-c2ccc(C(=O)CCc3ccc(C)nc3C)cn2)cc1. The minimum absolute atomic E-state index is 0.0815. The Morgan fingerprint density at radius 1 is 0.968 bits per heavy atom. The van der Waals surface area contributed by atoms with Crippen LogP contribution in [0.3, 0.4) is 0 Å². The lowest BCUT2D eigenvalue weighted by molar-refractivity contribution is -0.130. The molecule has 1 aromatic carbocycles. The van der Waals surface area contributed by atoms with E-state index in [9.17, 15) is 9.59 Å². The summed E-state index contributed by atoms with van der Waals surface area (Å²) in [5.74, 6) is 0.206. The van der Waals surface area contributed by atoms with Crippen LogP contribution in [-0.2, 0) is 17.8 Å². The molecule has 0 saturated carbocycles. The van der Waals surface area contributed by atoms with Crippen molar-refractivity contribution in [2.75, 3.05) is 7.05 Å². The van der Waals surface area contributed by atoms with Gasteiger partial charge in [-0.3, -0.25) is 19.6 Å². The molecule has 3 aromatic rings. The molecule has 5 nitrogen and oxygen atoms in total. The summed E-state index contributed by atoms with van der Waals surface area (Å²) in [6, 6.07) is 15.8. The van der Waals surface area contributed by atoms with Crippen LogP contribution in [-0.4, -0.2) is 33.6 Å². The van der Waals surface area contributed by atoms with E-state index in [-0.39, 0.29) is 11.7 Å². The lowest BCUT2D eigenvalue weighted by Gasteiger charge is -2.16. The van der Waals surface area contributed by atoms with Gasteiger partial charge in [-0.05, 0) is 49.6 Å². The van der Waals surface area contributed by atoms with Gasteiger partial charge in [-0.1, -0.05) is 37.3 Å². The Kier molecular flexibility index (Phi) is 7.29. The monoisotopic (exact) mass is 415 g/mol. The summed E-state index contributed by atoms with van der Waals surface area (Å²) in [6.45, 7) is 6.40. The summed E-state index contributed by atoms with van der Waals surface area (Å²) >= 11 is 0. The lowest BCUT2D eigenvalue weighted by atomic mass is 10.0. The summed E-state index contributed by atoms with van der Waals surface area (Å²) in [5.41, 5.74) is 6.57. The van der Waals surface area contributed by atoms with Crippen molar-refractivity contribution in [3.8, 4) is 11.3 Å². The van der Waals surface area contributed by atoms with Gasteiger partial charge in [-0.25, -0.2) is 0 Å². The molecule has 3 rings (SSSR count). The van der Waals surface area contributed by atoms with Gasteiger partial charge >= 0.3 is 0 Å². The number of ketones is 1. The number of carbonyl (C=O) groups excluding carboxylic acids is 2. The summed E-state index contributed by atoms with van der Waals surface area (Å²) in [7, 11) is 1.81. The predicted molar refractivity (Wildman–Crippen MR) is 123 cm³/mol. The molecule has 31 heavy (non-hydrogen) atoms. The highest BCUT2D eigenvalue weighted by atomic mass is 16.2. The number of benzene rings is 1. The van der Waals surface area contributed by atoms with Gasteiger partial charge in [0.25, 0.3) is 0 Å². The van der Waals surface area contributed by atoms with Crippen molar-refractivity contribution < 1.29 is 9.59 Å². The van der Waals surface area contributed by atoms with Crippen molar-refractivity contribution in [1.29, 1.82) is 0 Å². The van der Waals surface area contributed by atoms with Gasteiger partial charge in [0.2, 0.25) is 5.91 Å². The van der Waals surface area contributed by atoms with E-state index in [4.69, 9.17) is 0 Å². The van der Waals surface area contributed by atoms with Crippen LogP contribution in [0.2, 0.25) is 0 Å². The Morgan fingerprint density at radius 3 is 2.32 bits per heavy atom. The fourth-order valence-electron chi connectivity index (χ4n) is 3.51. The van der Waals surface area contributed by atoms with Crippen LogP contribution < -0.4 is 0 Å². The molecule has 0 aliphatic heterocycles. The molecule has 2 aromatic heterocycles. The standard InChI is InChI=1S/C26H29N3O2/c1-5-26(31)29(4)17-20-7-10-22(11-8-20)24-14-12-23(16-27-24)25(30)15-13-21-9-6-18(2)28-19(21)3/h6-12,14,16H,5,13,15,17H2,1-4H3. The first-order valence-electron chi connectivity index (χ1n) is 10.6. The van der Waals surface area contributed by atoms with Gasteiger partial charge in [-0.15, -0.1) is 0 Å². The molecule has 0 atom stereocenters. The highest BCUT2D eigenvalue weighted by Gasteiger charge is 2.10. The van der Waals surface area contributed by atoms with Gasteiger partial charge in [0.15, 0.2) is 5.78 Å². The third-order valence-corrected chi connectivity index (χ3v) is 5.44. The number of carbonyl (C=O) groups is 2. The van der Waals surface area contributed by atoms with Crippen LogP contribution in [0.25, 0.3) is 11.3 Å². The first-order chi connectivity index (χ1) is 14.9. The fourth-order valence-corrected chi connectivity index (χ4v) is 3.51. The van der Waals surface area contributed by atoms with Crippen LogP contribution in [0.4, 0.5) is 0 Å². The second-order valence-electron chi connectivity index (χ2n) is 7.85. The molecule has 0 saturated heterocycles. The van der Waals surface area contributed by atoms with E-state index >= 15 is 0 Å². The first-order valence-corrected chi connectivity index (χ1v) is 10.6. The van der Waals surface area contributed by atoms with E-state index in [0.29, 0.717) is 31.4 Å². The topological polar surface area (TPSA) is 63.2 Å². The van der Waals surface area contributed by atoms with E-state index in [0.717, 1.165) is 33.8 Å². The highest BCUT2D eigenvalue weighted by Crippen LogP contribution is 2.19. The number of rotatable bonds is 8. The van der Waals surface area contributed by atoms with E-state index in [1.54, 1.807) is 11.1 Å². The summed E-state index contributed by atoms with van der Waals surface area (Å²) < 4.78 is 0. The molecule has 0 bridgehead atoms. The molecule has 1 amide bonds. The zero-order valence-corrected chi connectivity index (χ0v) is 18.7. The minimum Gasteiger partial charge on any atom is -0.341 e. The number of amides is 1. The molecule has 0 aliphatic rings. The molecule has 0 unspecified atom stereocenters. The van der Waals surface area contributed by atoms with Crippen LogP contribution >= 0.6 is 0 Å². The number of hydrogen-bond donors (Lipinski definition) is 0. The van der Waals surface area contributed by atoms with E-state index in [2.05, 4.69) is 9.97 Å². The summed E-state index contributed by atoms with van der Waals surface area (Å²) in [5, 5.41) is 0. The van der Waals surface area contributed by atoms with Crippen LogP contribution in [0, 0.1) is 13.8 Å². The average Bonchev–Trinajstić information content (AvgIpc) is 2.78. The molecule has 0 aliphatic carbocycles. The van der Waals surface area contributed by atoms with Crippen LogP contribution in [0.5, 0.6) is 0 Å². The predicted octanol–water partition coefficient (Wildman–Crippen LogP) is 4.94. The molecule has 5 heteroatoms. The number of Topliss-reactive ketones (excluding diaryl/α,β-unsaturated/α-hetero) is 1. The van der Waals surface area contributed by atoms with Crippen molar-refractivity contribution >= 4 is 11.7 Å². The summed E-state index contributed by atoms with van der Waals surface area (Å²) in [6.07, 6.45) is 3.27. The Hall–Kier alpha value is -3.34. The quantitative estimate of drug-likeness (QED) is 0.489. The molecule has 0 spiro atoms. The number of aryl methyl sites for hydroxylation is 3. The van der Waals surface area contributed by atoms with Crippen LogP contribution in [0.15, 0.2) is 54.7 Å². The Bertz CT molecular complexity index is 1060. The van der Waals surface area contributed by atoms with Crippen molar-refractivity contribution in [2.24, 2.45) is 0 Å². The van der Waals surface area contributed by atoms with E-state index in [1.165, 1.54) is 0 Å². The zero-order chi connectivity index (χ0) is 22.4. The zero-order valence-electron chi connectivity index (χ0n) is 18.7. The Balaban J connectivity index is 1.61. The molecule has 0 N–H and O–H groups in total. The molecule has 160 valence electrons. The maximum Gasteiger partial charge on any atom is 0.222 e. The van der Waals surface area contributed by atoms with Crippen molar-refractivity contribution in [3.63, 3.8) is 0 Å². The molecular formula is C26H29N3O2. The Labute approximate surface area is 184 Å². The smallest absolute Gasteiger partial charge is 0.222 e. The molecular weight excluding hydrogens is 386 g/mol. The van der Waals surface area contributed by atoms with Gasteiger partial charge in [-0.2, -0.15) is 0 Å². The third kappa shape index (κ3) is 5.85. The van der Waals surface area contributed by atoms with Crippen LogP contribution in [0.1, 0.15) is 52.6 Å². The average molecular weight is 416 g/mol. The second-order valence-corrected chi connectivity index (χ2v) is 7.85. The second kappa shape index (κ2) is 10.1. The molecule has 0 radical (unpaired) electrons. The fraction of sp³-hybridized carbons (Fsp3) is 0.308. The maximum atomic E-state index is 12.6. The van der Waals surface area contributed by atoms with Gasteiger partial charge in [0.05, 0.1) is 5.69 Å². The minimum atomic E-state index is 0.0815. The largest absolute Gasteiger partial charge is 0.341 e. The van der Waals surface area contributed by atoms with Crippen molar-refractivity contribution in [3.05, 3.63) is 82.8 Å². The van der Waals surface area contributed by atoms with E-state index in [1.807, 2.05) is 76.3 Å². The maximum absolute atomic E-state index is 12.6. The summed E-state index contributed by atoms with van der Waals surface area (Å²) in [4.78, 5) is 35.0. The van der Waals surface area contributed by atoms with Gasteiger partial charge < -0.3 is 4.90 Å². The van der Waals surface area contributed by atoms with Crippen molar-refractivity contribution in [1.82, 2.24) is 14.9 Å². The van der Waals surface area contributed by atoms with E-state index < -0.39 is 0 Å². The Morgan fingerprint density at radius 2 is 1.71 bits per heavy atom. The van der Waals surface area contributed by atoms with Gasteiger partial charge in [0, 0.05) is 55.1 Å². The lowest BCUT2D eigenvalue weighted by Crippen LogP contribution is -2.25. The highest BCUT2D eigenvalue weighted by molar-refractivity contribution is 5.96. The number of aromatic nitrogens is 2.